The number of hydrogen-bond acceptors (Lipinski definition) is 9. The van der Waals surface area contributed by atoms with Gasteiger partial charge in [0.05, 0.1) is 51.2 Å². The number of ether oxygens (including phenoxy) is 4. The molecule has 3 aliphatic rings. The number of thioether (sulfide) groups is 1. The van der Waals surface area contributed by atoms with Crippen LogP contribution in [0.3, 0.4) is 0 Å². The Labute approximate surface area is 232 Å². The van der Waals surface area contributed by atoms with E-state index in [2.05, 4.69) is 0 Å². The number of para-hydroxylation sites is 1. The third-order valence-corrected chi connectivity index (χ3v) is 7.75. The van der Waals surface area contributed by atoms with E-state index in [0.29, 0.717) is 59.8 Å². The molecule has 1 amide bonds. The Balaban J connectivity index is 1.52. The number of benzene rings is 2. The second-order valence-corrected chi connectivity index (χ2v) is 10.0. The predicted molar refractivity (Wildman–Crippen MR) is 148 cm³/mol. The minimum Gasteiger partial charge on any atom is -0.493 e. The number of fused-ring (bicyclic) bond motifs is 1. The highest BCUT2D eigenvalue weighted by atomic mass is 32.2. The van der Waals surface area contributed by atoms with Crippen LogP contribution in [0.15, 0.2) is 75.9 Å². The molecule has 0 bridgehead atoms. The van der Waals surface area contributed by atoms with Crippen molar-refractivity contribution in [1.82, 2.24) is 9.80 Å². The summed E-state index contributed by atoms with van der Waals surface area (Å²) in [4.78, 5) is 35.5. The first-order valence-corrected chi connectivity index (χ1v) is 13.6. The number of allylic oxidation sites excluding steroid dienone is 1. The van der Waals surface area contributed by atoms with Crippen LogP contribution in [-0.2, 0) is 25.7 Å². The van der Waals surface area contributed by atoms with Crippen molar-refractivity contribution in [2.24, 2.45) is 4.99 Å². The molecule has 9 nitrogen and oxygen atoms in total. The van der Waals surface area contributed by atoms with E-state index in [4.69, 9.17) is 23.9 Å². The van der Waals surface area contributed by atoms with E-state index in [9.17, 15) is 9.59 Å². The van der Waals surface area contributed by atoms with Crippen molar-refractivity contribution in [1.29, 1.82) is 0 Å². The molecule has 3 aliphatic heterocycles. The maximum absolute atomic E-state index is 13.7. The molecule has 0 saturated carbocycles. The minimum atomic E-state index is -0.635. The smallest absolute Gasteiger partial charge is 0.338 e. The van der Waals surface area contributed by atoms with Crippen molar-refractivity contribution in [3.8, 4) is 11.5 Å². The number of aliphatic imine (C=N–C) groups is 1. The Hall–Kier alpha value is -3.76. The number of carbonyl (C=O) groups is 2. The van der Waals surface area contributed by atoms with E-state index in [1.54, 1.807) is 21.1 Å². The van der Waals surface area contributed by atoms with Gasteiger partial charge in [0.1, 0.15) is 6.61 Å². The molecule has 1 fully saturated rings. The molecule has 1 atom stereocenters. The normalized spacial score (nSPS) is 18.8. The highest BCUT2D eigenvalue weighted by Crippen LogP contribution is 2.48. The van der Waals surface area contributed by atoms with Crippen LogP contribution in [0.25, 0.3) is 0 Å². The maximum Gasteiger partial charge on any atom is 0.338 e. The van der Waals surface area contributed by atoms with E-state index >= 15 is 0 Å². The molecule has 204 valence electrons. The Bertz CT molecular complexity index is 1330. The molecular weight excluding hydrogens is 518 g/mol. The van der Waals surface area contributed by atoms with Crippen LogP contribution in [0, 0.1) is 0 Å². The lowest BCUT2D eigenvalue weighted by atomic mass is 9.92. The molecular formula is C29H31N3O6S. The lowest BCUT2D eigenvalue weighted by Crippen LogP contribution is -2.42. The fourth-order valence-electron chi connectivity index (χ4n) is 4.93. The molecule has 0 radical (unpaired) electrons. The fourth-order valence-corrected chi connectivity index (χ4v) is 5.90. The van der Waals surface area contributed by atoms with Crippen molar-refractivity contribution in [2.45, 2.75) is 26.0 Å². The minimum absolute atomic E-state index is 0.00207. The van der Waals surface area contributed by atoms with Crippen molar-refractivity contribution in [2.75, 3.05) is 40.5 Å². The highest BCUT2D eigenvalue weighted by molar-refractivity contribution is 8.16. The van der Waals surface area contributed by atoms with Crippen molar-refractivity contribution >= 4 is 28.8 Å². The number of hydrogen-bond donors (Lipinski definition) is 0. The van der Waals surface area contributed by atoms with Gasteiger partial charge in [-0.3, -0.25) is 4.79 Å². The van der Waals surface area contributed by atoms with E-state index in [1.165, 1.54) is 11.8 Å². The summed E-state index contributed by atoms with van der Waals surface area (Å²) in [6.07, 6.45) is 0.167. The molecule has 2 aromatic rings. The van der Waals surface area contributed by atoms with Crippen molar-refractivity contribution in [3.63, 3.8) is 0 Å². The van der Waals surface area contributed by atoms with E-state index in [1.807, 2.05) is 63.7 Å². The van der Waals surface area contributed by atoms with Crippen LogP contribution < -0.4 is 9.47 Å². The van der Waals surface area contributed by atoms with Crippen LogP contribution >= 0.6 is 11.8 Å². The predicted octanol–water partition coefficient (Wildman–Crippen LogP) is 4.27. The van der Waals surface area contributed by atoms with Gasteiger partial charge in [-0.1, -0.05) is 54.2 Å². The molecule has 1 unspecified atom stereocenters. The zero-order valence-corrected chi connectivity index (χ0v) is 23.0. The largest absolute Gasteiger partial charge is 0.493 e. The molecule has 0 spiro atoms. The van der Waals surface area contributed by atoms with Crippen LogP contribution in [0.5, 0.6) is 11.5 Å². The number of morpholine rings is 1. The SMILES string of the molecule is COc1cccc(C2C(C(=O)OCc3ccccc3)=C(C)N=C3SC=C(CC(=O)N4CCOCC4)N32)c1OC. The number of nitrogens with zero attached hydrogens (tertiary/aromatic N) is 3. The molecule has 1 saturated heterocycles. The Morgan fingerprint density at radius 3 is 2.54 bits per heavy atom. The summed E-state index contributed by atoms with van der Waals surface area (Å²) < 4.78 is 22.6. The van der Waals surface area contributed by atoms with Crippen molar-refractivity contribution in [3.05, 3.63) is 82.0 Å². The molecule has 2 aromatic carbocycles. The third kappa shape index (κ3) is 5.53. The van der Waals surface area contributed by atoms with Gasteiger partial charge in [-0.25, -0.2) is 9.79 Å². The summed E-state index contributed by atoms with van der Waals surface area (Å²) >= 11 is 1.43. The monoisotopic (exact) mass is 549 g/mol. The lowest BCUT2D eigenvalue weighted by Gasteiger charge is -2.37. The van der Waals surface area contributed by atoms with Gasteiger partial charge in [0.25, 0.3) is 0 Å². The molecule has 0 aromatic heterocycles. The van der Waals surface area contributed by atoms with Gasteiger partial charge < -0.3 is 28.7 Å². The number of carbonyl (C=O) groups excluding carboxylic acids is 2. The van der Waals surface area contributed by atoms with Crippen LogP contribution in [0.4, 0.5) is 0 Å². The Kier molecular flexibility index (Phi) is 8.23. The summed E-state index contributed by atoms with van der Waals surface area (Å²) in [5.41, 5.74) is 3.28. The van der Waals surface area contributed by atoms with Gasteiger partial charge in [-0.15, -0.1) is 0 Å². The third-order valence-electron chi connectivity index (χ3n) is 6.86. The fraction of sp³-hybridized carbons (Fsp3) is 0.345. The lowest BCUT2D eigenvalue weighted by molar-refractivity contribution is -0.141. The first kappa shape index (κ1) is 26.8. The number of esters is 1. The molecule has 39 heavy (non-hydrogen) atoms. The van der Waals surface area contributed by atoms with Gasteiger partial charge in [0.2, 0.25) is 5.91 Å². The summed E-state index contributed by atoms with van der Waals surface area (Å²) in [5.74, 6) is 0.561. The van der Waals surface area contributed by atoms with E-state index in [0.717, 1.165) is 11.3 Å². The molecule has 0 aliphatic carbocycles. The average molecular weight is 550 g/mol. The van der Waals surface area contributed by atoms with E-state index in [-0.39, 0.29) is 18.9 Å². The van der Waals surface area contributed by atoms with Gasteiger partial charge in [0, 0.05) is 24.4 Å². The standard InChI is InChI=1S/C29H31N3O6S/c1-19-25(28(34)38-17-20-8-5-4-6-9-20)26(22-10-7-11-23(35-2)27(22)36-3)32-21(18-39-29(32)30-19)16-24(33)31-12-14-37-15-13-31/h4-11,18,26H,12-17H2,1-3H3. The van der Waals surface area contributed by atoms with Crippen LogP contribution in [0.2, 0.25) is 0 Å². The summed E-state index contributed by atoms with van der Waals surface area (Å²) in [6, 6.07) is 14.5. The highest BCUT2D eigenvalue weighted by Gasteiger charge is 2.43. The summed E-state index contributed by atoms with van der Waals surface area (Å²) in [6.45, 7) is 4.10. The topological polar surface area (TPSA) is 89.9 Å². The van der Waals surface area contributed by atoms with E-state index < -0.39 is 12.0 Å². The van der Waals surface area contributed by atoms with Crippen molar-refractivity contribution < 1.29 is 28.5 Å². The molecule has 3 heterocycles. The van der Waals surface area contributed by atoms with Gasteiger partial charge in [-0.2, -0.15) is 0 Å². The van der Waals surface area contributed by atoms with Gasteiger partial charge in [-0.05, 0) is 24.0 Å². The number of rotatable bonds is 8. The molecule has 5 rings (SSSR count). The molecule has 10 heteroatoms. The van der Waals surface area contributed by atoms with Crippen LogP contribution in [0.1, 0.15) is 30.5 Å². The average Bonchev–Trinajstić information content (AvgIpc) is 3.37. The summed E-state index contributed by atoms with van der Waals surface area (Å²) in [5, 5.41) is 2.62. The van der Waals surface area contributed by atoms with Gasteiger partial charge in [0.15, 0.2) is 16.7 Å². The van der Waals surface area contributed by atoms with Gasteiger partial charge >= 0.3 is 5.97 Å². The second-order valence-electron chi connectivity index (χ2n) is 9.21. The Morgan fingerprint density at radius 1 is 1.05 bits per heavy atom. The second kappa shape index (κ2) is 12.0. The first-order chi connectivity index (χ1) is 19.0. The summed E-state index contributed by atoms with van der Waals surface area (Å²) in [7, 11) is 3.14. The maximum atomic E-state index is 13.7. The zero-order chi connectivity index (χ0) is 27.4. The molecule has 0 N–H and O–H groups in total. The zero-order valence-electron chi connectivity index (χ0n) is 22.2. The number of amides is 1. The Morgan fingerprint density at radius 2 is 1.82 bits per heavy atom. The first-order valence-electron chi connectivity index (χ1n) is 12.7. The number of amidine groups is 1. The quantitative estimate of drug-likeness (QED) is 0.451. The number of methoxy groups -OCH3 is 2. The van der Waals surface area contributed by atoms with Crippen LogP contribution in [-0.4, -0.2) is 67.4 Å².